The fraction of sp³-hybridized carbons (Fsp3) is 0.316. The molecule has 2 aliphatic rings. The summed E-state index contributed by atoms with van der Waals surface area (Å²) in [6, 6.07) is 28.6. The van der Waals surface area contributed by atoms with E-state index in [2.05, 4.69) is 64.5 Å². The van der Waals surface area contributed by atoms with Crippen molar-refractivity contribution in [3.05, 3.63) is 114 Å². The van der Waals surface area contributed by atoms with Crippen LogP contribution in [0.15, 0.2) is 91.0 Å². The second kappa shape index (κ2) is 14.2. The number of aryl methyl sites for hydroxylation is 1. The number of rotatable bonds is 11. The molecule has 0 aromatic heterocycles. The maximum Gasteiger partial charge on any atom is 0.255 e. The van der Waals surface area contributed by atoms with Crippen LogP contribution in [-0.2, 0) is 11.3 Å². The van der Waals surface area contributed by atoms with Crippen molar-refractivity contribution < 1.29 is 14.0 Å². The predicted molar refractivity (Wildman–Crippen MR) is 184 cm³/mol. The number of nitrogens with one attached hydrogen (secondary N) is 1. The number of hydrogen-bond acceptors (Lipinski definition) is 5. The van der Waals surface area contributed by atoms with E-state index in [1.54, 1.807) is 12.1 Å². The van der Waals surface area contributed by atoms with Crippen molar-refractivity contribution in [1.82, 2.24) is 4.90 Å². The monoisotopic (exact) mass is 619 g/mol. The van der Waals surface area contributed by atoms with Crippen LogP contribution in [-0.4, -0.2) is 56.0 Å². The van der Waals surface area contributed by atoms with Gasteiger partial charge in [-0.1, -0.05) is 48.5 Å². The summed E-state index contributed by atoms with van der Waals surface area (Å²) in [5.41, 5.74) is 13.1. The van der Waals surface area contributed by atoms with Gasteiger partial charge < -0.3 is 25.8 Å². The lowest BCUT2D eigenvalue weighted by molar-refractivity contribution is -0.133. The Morgan fingerprint density at radius 3 is 2.28 bits per heavy atom. The molecule has 0 unspecified atom stereocenters. The fourth-order valence-corrected chi connectivity index (χ4v) is 6.23. The van der Waals surface area contributed by atoms with Gasteiger partial charge >= 0.3 is 0 Å². The molecule has 46 heavy (non-hydrogen) atoms. The van der Waals surface area contributed by atoms with Crippen LogP contribution in [0.2, 0.25) is 0 Å². The normalized spacial score (nSPS) is 14.7. The lowest BCUT2D eigenvalue weighted by atomic mass is 10.0. The van der Waals surface area contributed by atoms with Crippen LogP contribution < -0.4 is 20.9 Å². The highest BCUT2D eigenvalue weighted by Crippen LogP contribution is 2.35. The smallest absolute Gasteiger partial charge is 0.255 e. The minimum atomic E-state index is -0.452. The lowest BCUT2D eigenvalue weighted by Crippen LogP contribution is -2.47. The minimum absolute atomic E-state index is 0.149. The summed E-state index contributed by atoms with van der Waals surface area (Å²) in [5.74, 6) is -0.449. The zero-order valence-electron chi connectivity index (χ0n) is 26.4. The second-order valence-corrected chi connectivity index (χ2v) is 12.3. The minimum Gasteiger partial charge on any atom is -0.368 e. The molecule has 0 bridgehead atoms. The molecule has 6 rings (SSSR count). The molecular formula is C38H42FN5O2. The van der Waals surface area contributed by atoms with Crippen molar-refractivity contribution in [2.75, 3.05) is 54.4 Å². The molecule has 1 saturated carbocycles. The Morgan fingerprint density at radius 1 is 0.848 bits per heavy atom. The van der Waals surface area contributed by atoms with E-state index in [4.69, 9.17) is 5.73 Å². The largest absolute Gasteiger partial charge is 0.368 e. The maximum absolute atomic E-state index is 14.0. The van der Waals surface area contributed by atoms with E-state index in [9.17, 15) is 14.0 Å². The molecular weight excluding hydrogens is 577 g/mol. The standard InChI is InChI=1S/C38H42FN5O2/c1-27-7-2-3-12-35(27)42-19-21-43(22-20-42)36-16-15-31(25-34(36)41-37(45)32-10-5-11-33(39)24-32)30-9-4-8-28(23-30)26-44(18-6-17-40)38(46)29-13-14-29/h2-5,7-12,15-16,23-25,29H,6,13-14,17-22,26,40H2,1H3,(H,41,45). The molecule has 3 N–H and O–H groups in total. The number of hydrogen-bond donors (Lipinski definition) is 2. The fourth-order valence-electron chi connectivity index (χ4n) is 6.23. The van der Waals surface area contributed by atoms with Gasteiger partial charge in [-0.3, -0.25) is 9.59 Å². The van der Waals surface area contributed by atoms with E-state index in [1.165, 1.54) is 23.4 Å². The van der Waals surface area contributed by atoms with Crippen LogP contribution in [0, 0.1) is 18.7 Å². The van der Waals surface area contributed by atoms with Crippen LogP contribution in [0.4, 0.5) is 21.5 Å². The Balaban J connectivity index is 1.26. The molecule has 1 aliphatic heterocycles. The topological polar surface area (TPSA) is 81.9 Å². The Bertz CT molecular complexity index is 1700. The first-order valence-electron chi connectivity index (χ1n) is 16.2. The highest BCUT2D eigenvalue weighted by molar-refractivity contribution is 6.06. The Hall–Kier alpha value is -4.69. The SMILES string of the molecule is Cc1ccccc1N1CCN(c2ccc(-c3cccc(CN(CCCN)C(=O)C4CC4)c3)cc2NC(=O)c2cccc(F)c2)CC1. The average Bonchev–Trinajstić information content (AvgIpc) is 3.93. The van der Waals surface area contributed by atoms with Gasteiger partial charge in [-0.15, -0.1) is 0 Å². The maximum atomic E-state index is 14.0. The quantitative estimate of drug-likeness (QED) is 0.201. The summed E-state index contributed by atoms with van der Waals surface area (Å²) in [6.45, 7) is 7.16. The molecule has 1 aliphatic carbocycles. The van der Waals surface area contributed by atoms with Crippen molar-refractivity contribution in [2.24, 2.45) is 11.7 Å². The summed E-state index contributed by atoms with van der Waals surface area (Å²) >= 11 is 0. The first kappa shape index (κ1) is 31.3. The molecule has 1 saturated heterocycles. The number of anilines is 3. The van der Waals surface area contributed by atoms with E-state index in [-0.39, 0.29) is 23.3 Å². The number of para-hydroxylation sites is 1. The van der Waals surface area contributed by atoms with Gasteiger partial charge in [-0.05, 0) is 97.4 Å². The van der Waals surface area contributed by atoms with Gasteiger partial charge in [0.1, 0.15) is 5.82 Å². The van der Waals surface area contributed by atoms with Gasteiger partial charge in [0.2, 0.25) is 5.91 Å². The number of carbonyl (C=O) groups excluding carboxylic acids is 2. The number of amides is 2. The third kappa shape index (κ3) is 7.40. The van der Waals surface area contributed by atoms with Gasteiger partial charge in [-0.25, -0.2) is 4.39 Å². The van der Waals surface area contributed by atoms with Crippen LogP contribution in [0.3, 0.4) is 0 Å². The zero-order valence-corrected chi connectivity index (χ0v) is 26.4. The van der Waals surface area contributed by atoms with E-state index < -0.39 is 5.82 Å². The van der Waals surface area contributed by atoms with Crippen molar-refractivity contribution in [1.29, 1.82) is 0 Å². The van der Waals surface area contributed by atoms with Gasteiger partial charge in [-0.2, -0.15) is 0 Å². The number of halogens is 1. The molecule has 238 valence electrons. The Morgan fingerprint density at radius 2 is 1.57 bits per heavy atom. The molecule has 4 aromatic carbocycles. The van der Waals surface area contributed by atoms with Crippen LogP contribution >= 0.6 is 0 Å². The van der Waals surface area contributed by atoms with Crippen LogP contribution in [0.1, 0.15) is 40.7 Å². The van der Waals surface area contributed by atoms with Gasteiger partial charge in [0.05, 0.1) is 11.4 Å². The molecule has 0 spiro atoms. The summed E-state index contributed by atoms with van der Waals surface area (Å²) in [4.78, 5) is 33.0. The number of nitrogens with two attached hydrogens (primary N) is 1. The molecule has 0 radical (unpaired) electrons. The van der Waals surface area contributed by atoms with E-state index >= 15 is 0 Å². The summed E-state index contributed by atoms with van der Waals surface area (Å²) in [5, 5.41) is 3.09. The second-order valence-electron chi connectivity index (χ2n) is 12.3. The van der Waals surface area contributed by atoms with Crippen molar-refractivity contribution >= 4 is 28.9 Å². The summed E-state index contributed by atoms with van der Waals surface area (Å²) in [7, 11) is 0. The first-order valence-corrected chi connectivity index (χ1v) is 16.2. The first-order chi connectivity index (χ1) is 22.4. The van der Waals surface area contributed by atoms with Crippen molar-refractivity contribution in [3.63, 3.8) is 0 Å². The highest BCUT2D eigenvalue weighted by Gasteiger charge is 2.33. The summed E-state index contributed by atoms with van der Waals surface area (Å²) in [6.07, 6.45) is 2.71. The third-order valence-corrected chi connectivity index (χ3v) is 8.91. The average molecular weight is 620 g/mol. The van der Waals surface area contributed by atoms with Gasteiger partial charge in [0.25, 0.3) is 5.91 Å². The Labute approximate surface area is 270 Å². The molecule has 2 fully saturated rings. The predicted octanol–water partition coefficient (Wildman–Crippen LogP) is 6.47. The molecule has 8 heteroatoms. The van der Waals surface area contributed by atoms with Crippen molar-refractivity contribution in [2.45, 2.75) is 32.7 Å². The molecule has 4 aromatic rings. The van der Waals surface area contributed by atoms with E-state index in [1.807, 2.05) is 29.2 Å². The number of carbonyl (C=O) groups is 2. The lowest BCUT2D eigenvalue weighted by Gasteiger charge is -2.38. The molecule has 2 amide bonds. The van der Waals surface area contributed by atoms with E-state index in [0.29, 0.717) is 25.3 Å². The molecule has 0 atom stereocenters. The molecule has 7 nitrogen and oxygen atoms in total. The number of benzene rings is 4. The van der Waals surface area contributed by atoms with Crippen molar-refractivity contribution in [3.8, 4) is 11.1 Å². The summed E-state index contributed by atoms with van der Waals surface area (Å²) < 4.78 is 14.0. The third-order valence-electron chi connectivity index (χ3n) is 8.91. The number of piperazine rings is 1. The van der Waals surface area contributed by atoms with Gasteiger partial charge in [0, 0.05) is 56.4 Å². The molecule has 1 heterocycles. The van der Waals surface area contributed by atoms with Gasteiger partial charge in [0.15, 0.2) is 0 Å². The van der Waals surface area contributed by atoms with Crippen LogP contribution in [0.25, 0.3) is 11.1 Å². The van der Waals surface area contributed by atoms with Crippen LogP contribution in [0.5, 0.6) is 0 Å². The zero-order chi connectivity index (χ0) is 32.0. The Kier molecular flexibility index (Phi) is 9.64. The van der Waals surface area contributed by atoms with E-state index in [0.717, 1.165) is 67.8 Å². The highest BCUT2D eigenvalue weighted by atomic mass is 19.1. The number of nitrogens with zero attached hydrogens (tertiary/aromatic N) is 3.